The third-order valence-corrected chi connectivity index (χ3v) is 4.36. The zero-order valence-corrected chi connectivity index (χ0v) is 17.5. The maximum absolute atomic E-state index is 4.89. The fraction of sp³-hybridized carbons (Fsp3) is 0.444. The molecule has 2 rings (SSSR count). The normalized spacial score (nSPS) is 9.43. The first-order valence-electron chi connectivity index (χ1n) is 7.03. The molecule has 0 unspecified atom stereocenters. The first-order chi connectivity index (χ1) is 9.67. The van der Waals surface area contributed by atoms with Gasteiger partial charge in [0.25, 0.3) is 0 Å². The number of hydrogen-bond donors (Lipinski definition) is 0. The Hall–Kier alpha value is -0.00571. The van der Waals surface area contributed by atoms with Gasteiger partial charge in [-0.15, -0.1) is 0 Å². The molecule has 21 heavy (non-hydrogen) atoms. The molecule has 0 nitrogen and oxygen atoms in total. The van der Waals surface area contributed by atoms with E-state index in [1.165, 1.54) is 44.5 Å². The number of hydrogen-bond acceptors (Lipinski definition) is 0. The standard InChI is InChI=1S/2C9H13.2ClH.Ti/c2*1-6-5-7(2)9(4)8(6)3;;;/h2*5H,1-4H3;2*1H;/q2*-1;;;+2/p-2. The van der Waals surface area contributed by atoms with Crippen molar-refractivity contribution in [3.63, 3.8) is 0 Å². The zero-order valence-electron chi connectivity index (χ0n) is 14.4. The van der Waals surface area contributed by atoms with Crippen LogP contribution in [0.1, 0.15) is 44.5 Å². The van der Waals surface area contributed by atoms with E-state index in [2.05, 4.69) is 67.5 Å². The molecule has 0 aliphatic rings. The van der Waals surface area contributed by atoms with Crippen LogP contribution in [0.25, 0.3) is 0 Å². The summed E-state index contributed by atoms with van der Waals surface area (Å²) in [5.74, 6) is 0. The second-order valence-corrected chi connectivity index (χ2v) is 8.17. The predicted octanol–water partition coefficient (Wildman–Crippen LogP) is 6.65. The van der Waals surface area contributed by atoms with Gasteiger partial charge in [0, 0.05) is 0 Å². The Morgan fingerprint density at radius 3 is 0.714 bits per heavy atom. The maximum atomic E-state index is 4.89. The van der Waals surface area contributed by atoms with Crippen molar-refractivity contribution in [2.24, 2.45) is 0 Å². The topological polar surface area (TPSA) is 0 Å². The predicted molar refractivity (Wildman–Crippen MR) is 93.7 cm³/mol. The fourth-order valence-corrected chi connectivity index (χ4v) is 2.27. The van der Waals surface area contributed by atoms with E-state index >= 15 is 0 Å². The van der Waals surface area contributed by atoms with Crippen LogP contribution < -0.4 is 0 Å². The summed E-state index contributed by atoms with van der Waals surface area (Å²) in [6, 6.07) is 4.48. The molecule has 0 aliphatic heterocycles. The average molecular weight is 361 g/mol. The van der Waals surface area contributed by atoms with Crippen molar-refractivity contribution in [1.82, 2.24) is 0 Å². The molecule has 0 saturated carbocycles. The quantitative estimate of drug-likeness (QED) is 0.364. The van der Waals surface area contributed by atoms with E-state index in [-0.39, 0.29) is 0 Å². The molecule has 0 bridgehead atoms. The van der Waals surface area contributed by atoms with Crippen LogP contribution in [-0.4, -0.2) is 0 Å². The van der Waals surface area contributed by atoms with Gasteiger partial charge in [0.1, 0.15) is 0 Å². The minimum atomic E-state index is -0.556. The number of rotatable bonds is 0. The summed E-state index contributed by atoms with van der Waals surface area (Å²) >= 11 is -0.556. The molecule has 0 aromatic heterocycles. The molecule has 0 atom stereocenters. The van der Waals surface area contributed by atoms with Gasteiger partial charge in [-0.3, -0.25) is 0 Å². The van der Waals surface area contributed by atoms with Crippen LogP contribution in [-0.2, 0) is 17.0 Å². The first-order valence-corrected chi connectivity index (χ1v) is 11.3. The fourth-order valence-electron chi connectivity index (χ4n) is 2.27. The second-order valence-electron chi connectivity index (χ2n) is 5.59. The van der Waals surface area contributed by atoms with Gasteiger partial charge in [0.15, 0.2) is 0 Å². The molecule has 0 heterocycles. The van der Waals surface area contributed by atoms with Crippen LogP contribution in [0.4, 0.5) is 0 Å². The van der Waals surface area contributed by atoms with E-state index in [1.54, 1.807) is 0 Å². The second kappa shape index (κ2) is 9.90. The Morgan fingerprint density at radius 1 is 0.524 bits per heavy atom. The van der Waals surface area contributed by atoms with Crippen molar-refractivity contribution in [2.45, 2.75) is 55.4 Å². The molecule has 0 fully saturated rings. The molecule has 2 aromatic carbocycles. The van der Waals surface area contributed by atoms with Gasteiger partial charge in [0.2, 0.25) is 0 Å². The van der Waals surface area contributed by atoms with E-state index in [1.807, 2.05) is 0 Å². The number of halogens is 2. The molecule has 0 N–H and O–H groups in total. The van der Waals surface area contributed by atoms with Gasteiger partial charge in [-0.1, -0.05) is 55.4 Å². The summed E-state index contributed by atoms with van der Waals surface area (Å²) in [5.41, 5.74) is 11.5. The Kier molecular flexibility index (Phi) is 9.90. The van der Waals surface area contributed by atoms with Crippen LogP contribution in [0.15, 0.2) is 12.1 Å². The van der Waals surface area contributed by atoms with E-state index in [4.69, 9.17) is 18.6 Å². The van der Waals surface area contributed by atoms with Crippen molar-refractivity contribution in [3.8, 4) is 0 Å². The van der Waals surface area contributed by atoms with Gasteiger partial charge in [0.05, 0.1) is 0 Å². The summed E-state index contributed by atoms with van der Waals surface area (Å²) in [4.78, 5) is 0. The SMILES string of the molecule is Cc1[cH-]c(C)c(C)c1C.Cc1[cH-]c(C)c(C)c1C.[Cl][Ti][Cl]. The van der Waals surface area contributed by atoms with Crippen LogP contribution in [0.5, 0.6) is 0 Å². The van der Waals surface area contributed by atoms with Crippen molar-refractivity contribution in [2.75, 3.05) is 0 Å². The molecule has 118 valence electrons. The average Bonchev–Trinajstić information content (AvgIpc) is 2.77. The molecule has 0 spiro atoms. The van der Waals surface area contributed by atoms with Crippen molar-refractivity contribution < 1.29 is 17.0 Å². The monoisotopic (exact) mass is 360 g/mol. The molecular weight excluding hydrogens is 335 g/mol. The number of aryl methyl sites for hydroxylation is 4. The molecule has 0 saturated heterocycles. The van der Waals surface area contributed by atoms with Crippen molar-refractivity contribution in [1.29, 1.82) is 0 Å². The molecule has 2 aromatic rings. The van der Waals surface area contributed by atoms with E-state index in [0.29, 0.717) is 0 Å². The minimum absolute atomic E-state index is 0.556. The van der Waals surface area contributed by atoms with Crippen LogP contribution in [0.3, 0.4) is 0 Å². The summed E-state index contributed by atoms with van der Waals surface area (Å²) < 4.78 is 0. The Morgan fingerprint density at radius 2 is 0.667 bits per heavy atom. The Balaban J connectivity index is 0.000000322. The summed E-state index contributed by atoms with van der Waals surface area (Å²) in [7, 11) is 9.78. The van der Waals surface area contributed by atoms with Crippen LogP contribution >= 0.6 is 18.6 Å². The van der Waals surface area contributed by atoms with E-state index < -0.39 is 17.0 Å². The third kappa shape index (κ3) is 6.32. The van der Waals surface area contributed by atoms with Gasteiger partial charge >= 0.3 is 35.6 Å². The van der Waals surface area contributed by atoms with Crippen molar-refractivity contribution in [3.05, 3.63) is 56.6 Å². The molecule has 0 amide bonds. The summed E-state index contributed by atoms with van der Waals surface area (Å²) in [5, 5.41) is 0. The first kappa shape index (κ1) is 21.0. The van der Waals surface area contributed by atoms with E-state index in [0.717, 1.165) is 0 Å². The summed E-state index contributed by atoms with van der Waals surface area (Å²) in [6.07, 6.45) is 0. The van der Waals surface area contributed by atoms with Crippen molar-refractivity contribution >= 4 is 18.6 Å². The molecule has 0 radical (unpaired) electrons. The van der Waals surface area contributed by atoms with Gasteiger partial charge in [-0.25, -0.2) is 0 Å². The van der Waals surface area contributed by atoms with Gasteiger partial charge in [-0.05, 0) is 0 Å². The van der Waals surface area contributed by atoms with Gasteiger partial charge < -0.3 is 0 Å². The summed E-state index contributed by atoms with van der Waals surface area (Å²) in [6.45, 7) is 17.4. The molecule has 3 heteroatoms. The molecule has 0 aliphatic carbocycles. The van der Waals surface area contributed by atoms with Crippen LogP contribution in [0.2, 0.25) is 0 Å². The Bertz CT molecular complexity index is 467. The third-order valence-electron chi connectivity index (χ3n) is 4.36. The van der Waals surface area contributed by atoms with E-state index in [9.17, 15) is 0 Å². The molecular formula is C18H26Cl2Ti-2. The van der Waals surface area contributed by atoms with Gasteiger partial charge in [-0.2, -0.15) is 56.6 Å². The zero-order chi connectivity index (χ0) is 16.7. The Labute approximate surface area is 147 Å². The van der Waals surface area contributed by atoms with Crippen LogP contribution in [0, 0.1) is 55.4 Å².